The number of amides is 1. The molecule has 0 aromatic heterocycles. The Balaban J connectivity index is 1.29. The van der Waals surface area contributed by atoms with Gasteiger partial charge in [0, 0.05) is 0 Å². The summed E-state index contributed by atoms with van der Waals surface area (Å²) < 4.78 is 17.2. The minimum Gasteiger partial charge on any atom is -0.461 e. The van der Waals surface area contributed by atoms with Gasteiger partial charge in [0.2, 0.25) is 5.91 Å². The highest BCUT2D eigenvalue weighted by atomic mass is 16.5. The topological polar surface area (TPSA) is 90.9 Å². The van der Waals surface area contributed by atoms with Gasteiger partial charge in [-0.1, -0.05) is 104 Å². The zero-order valence-electron chi connectivity index (χ0n) is 25.7. The molecule has 0 saturated heterocycles. The van der Waals surface area contributed by atoms with Crippen LogP contribution in [0.3, 0.4) is 0 Å². The molecule has 7 heteroatoms. The second-order valence-electron chi connectivity index (χ2n) is 11.7. The minimum atomic E-state index is -0.940. The predicted molar refractivity (Wildman–Crippen MR) is 171 cm³/mol. The molecular weight excluding hydrogens is 566 g/mol. The number of rotatable bonds is 13. The number of carbonyl (C=O) groups excluding carboxylic acids is 3. The monoisotopic (exact) mass is 605 g/mol. The maximum Gasteiger partial charge on any atom is 0.310 e. The van der Waals surface area contributed by atoms with E-state index in [9.17, 15) is 14.4 Å². The van der Waals surface area contributed by atoms with Crippen LogP contribution in [0.4, 0.5) is 0 Å². The van der Waals surface area contributed by atoms with E-state index in [1.54, 1.807) is 0 Å². The van der Waals surface area contributed by atoms with E-state index in [0.29, 0.717) is 12.2 Å². The van der Waals surface area contributed by atoms with Crippen molar-refractivity contribution in [2.75, 3.05) is 0 Å². The summed E-state index contributed by atoms with van der Waals surface area (Å²) in [6, 6.07) is 35.9. The lowest BCUT2D eigenvalue weighted by molar-refractivity contribution is -0.177. The number of hydrogen-bond donors (Lipinski definition) is 1. The van der Waals surface area contributed by atoms with Crippen molar-refractivity contribution in [1.29, 1.82) is 0 Å². The number of esters is 2. The van der Waals surface area contributed by atoms with Gasteiger partial charge >= 0.3 is 11.9 Å². The van der Waals surface area contributed by atoms with Crippen molar-refractivity contribution >= 4 is 17.8 Å². The average molecular weight is 606 g/mol. The molecule has 1 amide bonds. The molecular formula is C38H39NO6. The minimum absolute atomic E-state index is 0.0568. The third-order valence-corrected chi connectivity index (χ3v) is 8.35. The largest absolute Gasteiger partial charge is 0.461 e. The average Bonchev–Trinajstić information content (AvgIpc) is 3.04. The van der Waals surface area contributed by atoms with Crippen LogP contribution in [0, 0.1) is 17.8 Å². The Labute approximate surface area is 264 Å². The third kappa shape index (κ3) is 7.98. The molecule has 3 unspecified atom stereocenters. The molecule has 5 rings (SSSR count). The molecule has 1 aliphatic rings. The Bertz CT molecular complexity index is 1560. The molecule has 1 aliphatic carbocycles. The first kappa shape index (κ1) is 31.5. The zero-order chi connectivity index (χ0) is 31.6. The van der Waals surface area contributed by atoms with Gasteiger partial charge in [-0.15, -0.1) is 0 Å². The lowest BCUT2D eigenvalue weighted by Gasteiger charge is -2.42. The van der Waals surface area contributed by atoms with Crippen molar-refractivity contribution in [2.24, 2.45) is 17.8 Å². The van der Waals surface area contributed by atoms with Crippen LogP contribution < -0.4 is 10.1 Å². The normalized spacial score (nSPS) is 18.5. The Morgan fingerprint density at radius 1 is 0.689 bits per heavy atom. The summed E-state index contributed by atoms with van der Waals surface area (Å²) in [5.74, 6) is -2.37. The molecule has 7 nitrogen and oxygen atoms in total. The summed E-state index contributed by atoms with van der Waals surface area (Å²) in [6.07, 6.45) is 1.70. The fourth-order valence-corrected chi connectivity index (χ4v) is 5.81. The van der Waals surface area contributed by atoms with Crippen LogP contribution in [0.1, 0.15) is 49.8 Å². The second kappa shape index (κ2) is 14.7. The van der Waals surface area contributed by atoms with E-state index in [0.717, 1.165) is 28.9 Å². The van der Waals surface area contributed by atoms with Crippen molar-refractivity contribution in [3.63, 3.8) is 0 Å². The van der Waals surface area contributed by atoms with Crippen molar-refractivity contribution in [2.45, 2.75) is 51.9 Å². The predicted octanol–water partition coefficient (Wildman–Crippen LogP) is 7.35. The van der Waals surface area contributed by atoms with E-state index < -0.39 is 35.2 Å². The molecule has 0 aliphatic heterocycles. The molecule has 1 N–H and O–H groups in total. The van der Waals surface area contributed by atoms with Crippen molar-refractivity contribution in [1.82, 2.24) is 5.32 Å². The van der Waals surface area contributed by atoms with Crippen LogP contribution in [-0.2, 0) is 42.6 Å². The Morgan fingerprint density at radius 3 is 1.76 bits per heavy atom. The van der Waals surface area contributed by atoms with E-state index in [1.807, 2.05) is 122 Å². The van der Waals surface area contributed by atoms with Gasteiger partial charge in [0.25, 0.3) is 0 Å². The summed E-state index contributed by atoms with van der Waals surface area (Å²) in [5, 5.41) is 3.22. The van der Waals surface area contributed by atoms with Gasteiger partial charge in [0.05, 0.1) is 23.3 Å². The van der Waals surface area contributed by atoms with Gasteiger partial charge in [-0.3, -0.25) is 14.4 Å². The van der Waals surface area contributed by atoms with E-state index in [4.69, 9.17) is 14.2 Å². The van der Waals surface area contributed by atoms with E-state index in [1.165, 1.54) is 0 Å². The standard InChI is InChI=1S/C38H39NO6/c1-3-23-38(2,29-19-21-31(22-20-29)45-30-17-11-6-12-18-30)39-35(40)32-24-33(36(41)43-25-27-13-7-4-8-14-27)34(32)37(42)44-26-28-15-9-5-10-16-28/h4-22,32-34H,3,23-26H2,1-2H3,(H,39,40)/t32?,33?,34?,38-/m1/s1. The van der Waals surface area contributed by atoms with Crippen LogP contribution in [0.25, 0.3) is 0 Å². The third-order valence-electron chi connectivity index (χ3n) is 8.35. The van der Waals surface area contributed by atoms with Crippen molar-refractivity contribution in [3.8, 4) is 11.5 Å². The first-order valence-electron chi connectivity index (χ1n) is 15.4. The quantitative estimate of drug-likeness (QED) is 0.160. The highest BCUT2D eigenvalue weighted by molar-refractivity contribution is 5.93. The highest BCUT2D eigenvalue weighted by Gasteiger charge is 2.55. The van der Waals surface area contributed by atoms with Crippen molar-refractivity contribution < 1.29 is 28.6 Å². The fourth-order valence-electron chi connectivity index (χ4n) is 5.81. The number of hydrogen-bond acceptors (Lipinski definition) is 6. The molecule has 0 radical (unpaired) electrons. The van der Waals surface area contributed by atoms with Gasteiger partial charge in [0.15, 0.2) is 0 Å². The zero-order valence-corrected chi connectivity index (χ0v) is 25.7. The molecule has 232 valence electrons. The molecule has 45 heavy (non-hydrogen) atoms. The molecule has 4 aromatic carbocycles. The Morgan fingerprint density at radius 2 is 1.20 bits per heavy atom. The number of benzene rings is 4. The lowest BCUT2D eigenvalue weighted by atomic mass is 9.64. The van der Waals surface area contributed by atoms with Gasteiger partial charge in [-0.2, -0.15) is 0 Å². The summed E-state index contributed by atoms with van der Waals surface area (Å²) in [6.45, 7) is 4.19. The Kier molecular flexibility index (Phi) is 10.3. The number of ether oxygens (including phenoxy) is 3. The lowest BCUT2D eigenvalue weighted by Crippen LogP contribution is -2.56. The molecule has 1 fully saturated rings. The number of para-hydroxylation sites is 1. The van der Waals surface area contributed by atoms with Crippen molar-refractivity contribution in [3.05, 3.63) is 132 Å². The molecule has 0 heterocycles. The summed E-state index contributed by atoms with van der Waals surface area (Å²) in [5.41, 5.74) is 1.89. The molecule has 0 bridgehead atoms. The summed E-state index contributed by atoms with van der Waals surface area (Å²) >= 11 is 0. The molecule has 0 spiro atoms. The van der Waals surface area contributed by atoms with Crippen LogP contribution >= 0.6 is 0 Å². The van der Waals surface area contributed by atoms with E-state index in [2.05, 4.69) is 12.2 Å². The van der Waals surface area contributed by atoms with E-state index >= 15 is 0 Å². The van der Waals surface area contributed by atoms with Crippen LogP contribution in [0.15, 0.2) is 115 Å². The first-order valence-corrected chi connectivity index (χ1v) is 15.4. The molecule has 4 atom stereocenters. The number of carbonyl (C=O) groups is 3. The highest BCUT2D eigenvalue weighted by Crippen LogP contribution is 2.43. The SMILES string of the molecule is CCC[C@@](C)(NC(=O)C1CC(C(=O)OCc2ccccc2)C1C(=O)OCc1ccccc1)c1ccc(Oc2ccccc2)cc1. The maximum atomic E-state index is 13.8. The first-order chi connectivity index (χ1) is 21.9. The molecule has 1 saturated carbocycles. The van der Waals surface area contributed by atoms with Crippen LogP contribution in [0.5, 0.6) is 11.5 Å². The van der Waals surface area contributed by atoms with Crippen LogP contribution in [0.2, 0.25) is 0 Å². The molecule has 4 aromatic rings. The maximum absolute atomic E-state index is 13.8. The van der Waals surface area contributed by atoms with E-state index in [-0.39, 0.29) is 25.5 Å². The number of nitrogens with one attached hydrogen (secondary N) is 1. The van der Waals surface area contributed by atoms with Gasteiger partial charge in [-0.05, 0) is 60.7 Å². The second-order valence-corrected chi connectivity index (χ2v) is 11.7. The van der Waals surface area contributed by atoms with Gasteiger partial charge in [0.1, 0.15) is 24.7 Å². The smallest absolute Gasteiger partial charge is 0.310 e. The summed E-state index contributed by atoms with van der Waals surface area (Å²) in [7, 11) is 0. The van der Waals surface area contributed by atoms with Gasteiger partial charge < -0.3 is 19.5 Å². The van der Waals surface area contributed by atoms with Crippen LogP contribution in [-0.4, -0.2) is 17.8 Å². The fraction of sp³-hybridized carbons (Fsp3) is 0.289. The summed E-state index contributed by atoms with van der Waals surface area (Å²) in [4.78, 5) is 40.4. The Hall–Kier alpha value is -4.91. The van der Waals surface area contributed by atoms with Gasteiger partial charge in [-0.25, -0.2) is 0 Å².